The fourth-order valence-corrected chi connectivity index (χ4v) is 1.53. The molecule has 0 fully saturated rings. The molecule has 4 nitrogen and oxygen atoms in total. The zero-order valence-electron chi connectivity index (χ0n) is 7.21. The highest BCUT2D eigenvalue weighted by Gasteiger charge is 2.17. The highest BCUT2D eigenvalue weighted by atomic mass is 16.5. The Labute approximate surface area is 71.3 Å². The van der Waals surface area contributed by atoms with Gasteiger partial charge in [-0.25, -0.2) is 4.68 Å². The zero-order valence-corrected chi connectivity index (χ0v) is 7.21. The van der Waals surface area contributed by atoms with Gasteiger partial charge in [0, 0.05) is 19.5 Å². The first-order valence-corrected chi connectivity index (χ1v) is 4.22. The first kappa shape index (κ1) is 7.61. The van der Waals surface area contributed by atoms with Crippen LogP contribution < -0.4 is 10.5 Å². The lowest BCUT2D eigenvalue weighted by Gasteiger charge is -2.15. The quantitative estimate of drug-likeness (QED) is 0.660. The summed E-state index contributed by atoms with van der Waals surface area (Å²) in [6.07, 6.45) is 1.04. The first-order chi connectivity index (χ1) is 5.83. The molecule has 0 saturated heterocycles. The Hall–Kier alpha value is -1.03. The maximum atomic E-state index is 5.59. The van der Waals surface area contributed by atoms with Crippen molar-refractivity contribution in [2.24, 2.45) is 5.73 Å². The number of rotatable bonds is 1. The van der Waals surface area contributed by atoms with Gasteiger partial charge in [0.2, 0.25) is 5.88 Å². The van der Waals surface area contributed by atoms with Crippen LogP contribution in [0.25, 0.3) is 0 Å². The Morgan fingerprint density at radius 2 is 2.50 bits per heavy atom. The van der Waals surface area contributed by atoms with E-state index in [0.717, 1.165) is 36.7 Å². The Balaban J connectivity index is 2.46. The lowest BCUT2D eigenvalue weighted by Crippen LogP contribution is -2.15. The number of fused-ring (bicyclic) bond motifs is 1. The highest BCUT2D eigenvalue weighted by molar-refractivity contribution is 5.31. The Bertz CT molecular complexity index is 293. The molecule has 2 N–H and O–H groups in total. The minimum Gasteiger partial charge on any atom is -0.478 e. The molecule has 0 amide bonds. The summed E-state index contributed by atoms with van der Waals surface area (Å²) in [6.45, 7) is 4.23. The van der Waals surface area contributed by atoms with Gasteiger partial charge in [-0.05, 0) is 6.92 Å². The van der Waals surface area contributed by atoms with Gasteiger partial charge in [0.05, 0.1) is 17.9 Å². The number of aryl methyl sites for hydroxylation is 2. The van der Waals surface area contributed by atoms with Crippen LogP contribution in [0, 0.1) is 6.92 Å². The maximum Gasteiger partial charge on any atom is 0.216 e. The second-order valence-electron chi connectivity index (χ2n) is 3.00. The second kappa shape index (κ2) is 2.79. The van der Waals surface area contributed by atoms with Crippen LogP contribution in [0.2, 0.25) is 0 Å². The average molecular weight is 167 g/mol. The molecule has 0 spiro atoms. The molecule has 0 radical (unpaired) electrons. The molecule has 1 aromatic rings. The molecular formula is C8H13N3O. The molecule has 0 atom stereocenters. The van der Waals surface area contributed by atoms with Crippen LogP contribution in [0.3, 0.4) is 0 Å². The normalized spacial score (nSPS) is 15.5. The van der Waals surface area contributed by atoms with Crippen molar-refractivity contribution in [1.29, 1.82) is 0 Å². The van der Waals surface area contributed by atoms with Crippen LogP contribution in [0.5, 0.6) is 5.88 Å². The number of ether oxygens (including phenoxy) is 1. The predicted molar refractivity (Wildman–Crippen MR) is 45.0 cm³/mol. The highest BCUT2D eigenvalue weighted by Crippen LogP contribution is 2.24. The van der Waals surface area contributed by atoms with E-state index in [1.807, 2.05) is 11.6 Å². The summed E-state index contributed by atoms with van der Waals surface area (Å²) in [5.41, 5.74) is 7.63. The van der Waals surface area contributed by atoms with Gasteiger partial charge >= 0.3 is 0 Å². The van der Waals surface area contributed by atoms with Crippen LogP contribution in [0.1, 0.15) is 17.7 Å². The number of hydrogen-bond donors (Lipinski definition) is 1. The van der Waals surface area contributed by atoms with Gasteiger partial charge < -0.3 is 10.5 Å². The first-order valence-electron chi connectivity index (χ1n) is 4.22. The Morgan fingerprint density at radius 3 is 3.25 bits per heavy atom. The lowest BCUT2D eigenvalue weighted by molar-refractivity contribution is 0.228. The van der Waals surface area contributed by atoms with E-state index in [-0.39, 0.29) is 0 Å². The topological polar surface area (TPSA) is 53.1 Å². The fourth-order valence-electron chi connectivity index (χ4n) is 1.53. The fraction of sp³-hybridized carbons (Fsp3) is 0.625. The third-order valence-electron chi connectivity index (χ3n) is 2.16. The van der Waals surface area contributed by atoms with Gasteiger partial charge in [0.15, 0.2) is 0 Å². The molecule has 1 aliphatic rings. The number of hydrogen-bond acceptors (Lipinski definition) is 3. The second-order valence-corrected chi connectivity index (χ2v) is 3.00. The summed E-state index contributed by atoms with van der Waals surface area (Å²) < 4.78 is 7.39. The summed E-state index contributed by atoms with van der Waals surface area (Å²) in [6, 6.07) is 0. The maximum absolute atomic E-state index is 5.59. The van der Waals surface area contributed by atoms with E-state index in [0.29, 0.717) is 6.54 Å². The molecule has 4 heteroatoms. The molecule has 1 aromatic heterocycles. The van der Waals surface area contributed by atoms with Gasteiger partial charge in [0.25, 0.3) is 0 Å². The minimum atomic E-state index is 0.515. The van der Waals surface area contributed by atoms with Crippen LogP contribution in [-0.2, 0) is 13.1 Å². The van der Waals surface area contributed by atoms with E-state index in [1.165, 1.54) is 0 Å². The summed E-state index contributed by atoms with van der Waals surface area (Å²) in [5.74, 6) is 0.876. The van der Waals surface area contributed by atoms with Crippen LogP contribution in [-0.4, -0.2) is 16.4 Å². The van der Waals surface area contributed by atoms with Gasteiger partial charge in [0.1, 0.15) is 0 Å². The zero-order chi connectivity index (χ0) is 8.55. The Morgan fingerprint density at radius 1 is 1.67 bits per heavy atom. The molecule has 66 valence electrons. The standard InChI is InChI=1S/C8H13N3O/c1-6-7(5-9)8-11(10-6)3-2-4-12-8/h2-5,9H2,1H3. The third-order valence-corrected chi connectivity index (χ3v) is 2.16. The van der Waals surface area contributed by atoms with Crippen molar-refractivity contribution in [3.05, 3.63) is 11.3 Å². The average Bonchev–Trinajstić information content (AvgIpc) is 2.40. The molecule has 12 heavy (non-hydrogen) atoms. The van der Waals surface area contributed by atoms with E-state index in [1.54, 1.807) is 0 Å². The summed E-state index contributed by atoms with van der Waals surface area (Å²) in [5, 5.41) is 4.33. The van der Waals surface area contributed by atoms with Gasteiger partial charge in [-0.2, -0.15) is 5.10 Å². The summed E-state index contributed by atoms with van der Waals surface area (Å²) in [7, 11) is 0. The van der Waals surface area contributed by atoms with E-state index in [2.05, 4.69) is 5.10 Å². The number of nitrogens with two attached hydrogens (primary N) is 1. The van der Waals surface area contributed by atoms with Crippen molar-refractivity contribution in [3.63, 3.8) is 0 Å². The largest absolute Gasteiger partial charge is 0.478 e. The van der Waals surface area contributed by atoms with Crippen LogP contribution in [0.4, 0.5) is 0 Å². The predicted octanol–water partition coefficient (Wildman–Crippen LogP) is 0.433. The molecule has 0 aliphatic carbocycles. The van der Waals surface area contributed by atoms with E-state index >= 15 is 0 Å². The molecule has 2 heterocycles. The molecule has 1 aliphatic heterocycles. The molecule has 2 rings (SSSR count). The van der Waals surface area contributed by atoms with Crippen molar-refractivity contribution < 1.29 is 4.74 Å². The van der Waals surface area contributed by atoms with E-state index < -0.39 is 0 Å². The minimum absolute atomic E-state index is 0.515. The monoisotopic (exact) mass is 167 g/mol. The van der Waals surface area contributed by atoms with Crippen molar-refractivity contribution in [2.75, 3.05) is 6.61 Å². The molecule has 0 bridgehead atoms. The SMILES string of the molecule is Cc1nn2c(c1CN)OCCC2. The van der Waals surface area contributed by atoms with E-state index in [4.69, 9.17) is 10.5 Å². The van der Waals surface area contributed by atoms with Crippen molar-refractivity contribution in [1.82, 2.24) is 9.78 Å². The molecule has 0 aromatic carbocycles. The van der Waals surface area contributed by atoms with Crippen LogP contribution in [0.15, 0.2) is 0 Å². The molecular weight excluding hydrogens is 154 g/mol. The summed E-state index contributed by atoms with van der Waals surface area (Å²) >= 11 is 0. The van der Waals surface area contributed by atoms with Crippen molar-refractivity contribution >= 4 is 0 Å². The molecule has 0 saturated carbocycles. The Kier molecular flexibility index (Phi) is 1.77. The van der Waals surface area contributed by atoms with Crippen molar-refractivity contribution in [2.45, 2.75) is 26.4 Å². The smallest absolute Gasteiger partial charge is 0.216 e. The van der Waals surface area contributed by atoms with E-state index in [9.17, 15) is 0 Å². The third kappa shape index (κ3) is 0.992. The summed E-state index contributed by atoms with van der Waals surface area (Å²) in [4.78, 5) is 0. The molecule has 0 unspecified atom stereocenters. The number of nitrogens with zero attached hydrogens (tertiary/aromatic N) is 2. The number of aromatic nitrogens is 2. The van der Waals surface area contributed by atoms with Crippen LogP contribution >= 0.6 is 0 Å². The van der Waals surface area contributed by atoms with Gasteiger partial charge in [-0.1, -0.05) is 0 Å². The lowest BCUT2D eigenvalue weighted by atomic mass is 10.2. The van der Waals surface area contributed by atoms with Gasteiger partial charge in [-0.15, -0.1) is 0 Å². The van der Waals surface area contributed by atoms with Crippen molar-refractivity contribution in [3.8, 4) is 5.88 Å². The van der Waals surface area contributed by atoms with Gasteiger partial charge in [-0.3, -0.25) is 0 Å².